The Kier molecular flexibility index (Phi) is 4.32. The van der Waals surface area contributed by atoms with E-state index in [2.05, 4.69) is 25.7 Å². The summed E-state index contributed by atoms with van der Waals surface area (Å²) in [6.45, 7) is 0. The monoisotopic (exact) mass is 384 g/mol. The number of hydrogen-bond acceptors (Lipinski definition) is 6. The van der Waals surface area contributed by atoms with E-state index in [0.717, 1.165) is 12.3 Å². The second kappa shape index (κ2) is 5.85. The van der Waals surface area contributed by atoms with Gasteiger partial charge < -0.3 is 9.47 Å². The number of nitrogens with zero attached hydrogens (tertiary/aromatic N) is 2. The predicted octanol–water partition coefficient (Wildman–Crippen LogP) is 4.50. The first-order chi connectivity index (χ1) is 9.74. The highest BCUT2D eigenvalue weighted by atomic mass is 79.9. The molecule has 1 aromatic carbocycles. The lowest BCUT2D eigenvalue weighted by Crippen LogP contribution is -2.17. The normalized spacial score (nSPS) is 11.2. The molecule has 0 aliphatic rings. The summed E-state index contributed by atoms with van der Waals surface area (Å²) in [5, 5.41) is 10.3. The van der Waals surface area contributed by atoms with Crippen LogP contribution in [-0.2, 0) is 0 Å². The summed E-state index contributed by atoms with van der Waals surface area (Å²) < 4.78 is 45.3. The van der Waals surface area contributed by atoms with E-state index in [1.165, 1.54) is 12.1 Å². The van der Waals surface area contributed by atoms with Crippen LogP contribution in [0.3, 0.4) is 0 Å². The smallest absolute Gasteiger partial charge is 0.431 e. The van der Waals surface area contributed by atoms with E-state index in [4.69, 9.17) is 4.74 Å². The van der Waals surface area contributed by atoms with Crippen LogP contribution >= 0.6 is 27.3 Å². The SMILES string of the molecule is O=[N+]([O-])c1cnc(Oc2ccc(OC(F)(F)F)c(Br)c2)s1. The summed E-state index contributed by atoms with van der Waals surface area (Å²) in [5.74, 6) is -0.277. The third-order valence-electron chi connectivity index (χ3n) is 1.99. The highest BCUT2D eigenvalue weighted by molar-refractivity contribution is 9.10. The fourth-order valence-electron chi connectivity index (χ4n) is 1.23. The lowest BCUT2D eigenvalue weighted by molar-refractivity contribution is -0.380. The van der Waals surface area contributed by atoms with E-state index in [1.807, 2.05) is 0 Å². The quantitative estimate of drug-likeness (QED) is 0.572. The average molecular weight is 385 g/mol. The summed E-state index contributed by atoms with van der Waals surface area (Å²) in [4.78, 5) is 13.5. The summed E-state index contributed by atoms with van der Waals surface area (Å²) in [6.07, 6.45) is -3.78. The Balaban J connectivity index is 2.14. The highest BCUT2D eigenvalue weighted by Gasteiger charge is 2.32. The van der Waals surface area contributed by atoms with Crippen LogP contribution in [0.25, 0.3) is 0 Å². The number of aromatic nitrogens is 1. The van der Waals surface area contributed by atoms with Crippen molar-refractivity contribution in [1.82, 2.24) is 4.98 Å². The van der Waals surface area contributed by atoms with Crippen LogP contribution in [-0.4, -0.2) is 16.3 Å². The number of thiazole rings is 1. The van der Waals surface area contributed by atoms with Crippen molar-refractivity contribution in [3.8, 4) is 16.7 Å². The van der Waals surface area contributed by atoms with Gasteiger partial charge in [-0.15, -0.1) is 13.2 Å². The number of ether oxygens (including phenoxy) is 2. The van der Waals surface area contributed by atoms with Crippen LogP contribution in [0.2, 0.25) is 0 Å². The molecule has 0 radical (unpaired) electrons. The van der Waals surface area contributed by atoms with Gasteiger partial charge in [-0.3, -0.25) is 10.1 Å². The number of halogens is 4. The lowest BCUT2D eigenvalue weighted by atomic mass is 10.3. The van der Waals surface area contributed by atoms with Crippen LogP contribution in [0.1, 0.15) is 0 Å². The highest BCUT2D eigenvalue weighted by Crippen LogP contribution is 2.36. The number of rotatable bonds is 4. The Morgan fingerprint density at radius 3 is 2.62 bits per heavy atom. The van der Waals surface area contributed by atoms with E-state index in [-0.39, 0.29) is 20.4 Å². The molecular formula is C10H4BrF3N2O4S. The fourth-order valence-corrected chi connectivity index (χ4v) is 2.28. The molecule has 0 spiro atoms. The Morgan fingerprint density at radius 2 is 2.10 bits per heavy atom. The maximum absolute atomic E-state index is 12.1. The molecule has 2 aromatic rings. The molecule has 11 heteroatoms. The third kappa shape index (κ3) is 4.29. The van der Waals surface area contributed by atoms with Gasteiger partial charge in [0, 0.05) is 0 Å². The van der Waals surface area contributed by atoms with E-state index in [1.54, 1.807) is 0 Å². The molecule has 0 bridgehead atoms. The Morgan fingerprint density at radius 1 is 1.38 bits per heavy atom. The van der Waals surface area contributed by atoms with Gasteiger partial charge in [0.05, 0.1) is 9.40 Å². The molecule has 0 fully saturated rings. The third-order valence-corrected chi connectivity index (χ3v) is 3.43. The van der Waals surface area contributed by atoms with E-state index in [0.29, 0.717) is 11.3 Å². The number of alkyl halides is 3. The van der Waals surface area contributed by atoms with E-state index in [9.17, 15) is 23.3 Å². The molecule has 0 N–H and O–H groups in total. The Labute approximate surface area is 127 Å². The van der Waals surface area contributed by atoms with Gasteiger partial charge in [0.1, 0.15) is 17.7 Å². The molecule has 0 atom stereocenters. The average Bonchev–Trinajstić information content (AvgIpc) is 2.80. The zero-order valence-corrected chi connectivity index (χ0v) is 12.2. The van der Waals surface area contributed by atoms with Crippen molar-refractivity contribution in [1.29, 1.82) is 0 Å². The molecule has 0 saturated carbocycles. The first kappa shape index (κ1) is 15.5. The van der Waals surface area contributed by atoms with Gasteiger partial charge in [0.25, 0.3) is 5.19 Å². The molecule has 0 unspecified atom stereocenters. The molecule has 0 saturated heterocycles. The lowest BCUT2D eigenvalue weighted by Gasteiger charge is -2.11. The Bertz CT molecular complexity index is 677. The van der Waals surface area contributed by atoms with Crippen molar-refractivity contribution in [2.45, 2.75) is 6.36 Å². The van der Waals surface area contributed by atoms with Crippen molar-refractivity contribution in [2.24, 2.45) is 0 Å². The molecule has 112 valence electrons. The number of hydrogen-bond donors (Lipinski definition) is 0. The molecule has 1 heterocycles. The van der Waals surface area contributed by atoms with Gasteiger partial charge in [-0.25, -0.2) is 4.98 Å². The maximum Gasteiger partial charge on any atom is 0.573 e. The fraction of sp³-hybridized carbons (Fsp3) is 0.100. The molecule has 2 rings (SSSR count). The minimum Gasteiger partial charge on any atom is -0.431 e. The molecule has 1 aromatic heterocycles. The second-order valence-electron chi connectivity index (χ2n) is 3.46. The summed E-state index contributed by atoms with van der Waals surface area (Å²) >= 11 is 3.61. The zero-order chi connectivity index (χ0) is 15.6. The van der Waals surface area contributed by atoms with E-state index >= 15 is 0 Å². The van der Waals surface area contributed by atoms with Crippen LogP contribution in [0.15, 0.2) is 28.9 Å². The zero-order valence-electron chi connectivity index (χ0n) is 9.76. The van der Waals surface area contributed by atoms with Gasteiger partial charge in [-0.05, 0) is 45.5 Å². The molecule has 21 heavy (non-hydrogen) atoms. The standard InChI is InChI=1S/C10H4BrF3N2O4S/c11-6-3-5(1-2-7(6)20-10(12,13)14)19-9-15-4-8(21-9)16(17)18/h1-4H. The van der Waals surface area contributed by atoms with Crippen molar-refractivity contribution in [2.75, 3.05) is 0 Å². The summed E-state index contributed by atoms with van der Waals surface area (Å²) in [7, 11) is 0. The number of benzene rings is 1. The van der Waals surface area contributed by atoms with Crippen LogP contribution in [0.5, 0.6) is 16.7 Å². The molecule has 0 aliphatic carbocycles. The largest absolute Gasteiger partial charge is 0.573 e. The summed E-state index contributed by atoms with van der Waals surface area (Å²) in [5.41, 5.74) is 0. The van der Waals surface area contributed by atoms with Crippen LogP contribution in [0.4, 0.5) is 18.2 Å². The predicted molar refractivity (Wildman–Crippen MR) is 69.7 cm³/mol. The van der Waals surface area contributed by atoms with Crippen molar-refractivity contribution < 1.29 is 27.6 Å². The maximum atomic E-state index is 12.1. The van der Waals surface area contributed by atoms with Gasteiger partial charge in [-0.1, -0.05) is 0 Å². The van der Waals surface area contributed by atoms with Gasteiger partial charge in [0.2, 0.25) is 0 Å². The van der Waals surface area contributed by atoms with Crippen LogP contribution < -0.4 is 9.47 Å². The van der Waals surface area contributed by atoms with Crippen LogP contribution in [0, 0.1) is 10.1 Å². The van der Waals surface area contributed by atoms with Gasteiger partial charge >= 0.3 is 11.4 Å². The van der Waals surface area contributed by atoms with Gasteiger partial charge in [0.15, 0.2) is 0 Å². The first-order valence-corrected chi connectivity index (χ1v) is 6.69. The first-order valence-electron chi connectivity index (χ1n) is 5.08. The molecular weight excluding hydrogens is 381 g/mol. The number of nitro groups is 1. The van der Waals surface area contributed by atoms with Crippen molar-refractivity contribution in [3.63, 3.8) is 0 Å². The van der Waals surface area contributed by atoms with E-state index < -0.39 is 17.0 Å². The molecule has 0 aliphatic heterocycles. The summed E-state index contributed by atoms with van der Waals surface area (Å²) in [6, 6.07) is 3.50. The van der Waals surface area contributed by atoms with Gasteiger partial charge in [-0.2, -0.15) is 0 Å². The second-order valence-corrected chi connectivity index (χ2v) is 5.29. The Hall–Kier alpha value is -1.88. The minimum absolute atomic E-state index is 0.00177. The molecule has 0 amide bonds. The van der Waals surface area contributed by atoms with Crippen molar-refractivity contribution in [3.05, 3.63) is 39.0 Å². The molecule has 6 nitrogen and oxygen atoms in total. The van der Waals surface area contributed by atoms with Crippen molar-refractivity contribution >= 4 is 32.3 Å². The topological polar surface area (TPSA) is 74.5 Å². The minimum atomic E-state index is -4.80.